The third kappa shape index (κ3) is 4.02. The molecule has 29 heavy (non-hydrogen) atoms. The number of fused-ring (bicyclic) bond motifs is 1. The van der Waals surface area contributed by atoms with Gasteiger partial charge in [-0.1, -0.05) is 41.0 Å². The summed E-state index contributed by atoms with van der Waals surface area (Å²) in [7, 11) is 0. The zero-order valence-corrected chi connectivity index (χ0v) is 15.7. The van der Waals surface area contributed by atoms with Gasteiger partial charge in [0.2, 0.25) is 5.91 Å². The third-order valence-electron chi connectivity index (χ3n) is 4.25. The second-order valence-electron chi connectivity index (χ2n) is 6.31. The van der Waals surface area contributed by atoms with E-state index < -0.39 is 11.4 Å². The molecule has 0 aliphatic rings. The topological polar surface area (TPSA) is 90.0 Å². The predicted octanol–water partition coefficient (Wildman–Crippen LogP) is 3.16. The molecule has 0 bridgehead atoms. The van der Waals surface area contributed by atoms with E-state index in [0.29, 0.717) is 10.6 Å². The van der Waals surface area contributed by atoms with Gasteiger partial charge in [-0.3, -0.25) is 14.2 Å². The highest BCUT2D eigenvalue weighted by atomic mass is 35.5. The fourth-order valence-corrected chi connectivity index (χ4v) is 3.10. The van der Waals surface area contributed by atoms with E-state index in [-0.39, 0.29) is 35.8 Å². The Morgan fingerprint density at radius 3 is 2.83 bits per heavy atom. The zero-order chi connectivity index (χ0) is 20.4. The molecular weight excluding hydrogens is 399 g/mol. The molecule has 1 amide bonds. The first kappa shape index (κ1) is 18.8. The first-order valence-electron chi connectivity index (χ1n) is 8.63. The number of hydrogen-bond donors (Lipinski definition) is 1. The van der Waals surface area contributed by atoms with Crippen molar-refractivity contribution in [3.8, 4) is 11.3 Å². The Balaban J connectivity index is 1.58. The summed E-state index contributed by atoms with van der Waals surface area (Å²) < 4.78 is 19.8. The fourth-order valence-electron chi connectivity index (χ4n) is 2.88. The Bertz CT molecular complexity index is 1270. The Kier molecular flexibility index (Phi) is 5.09. The SMILES string of the molecule is O=C(Cn1cnc2onc(-c3cccc(F)c3)c2c1=O)NCc1cccc(Cl)c1. The number of halogens is 2. The third-order valence-corrected chi connectivity index (χ3v) is 4.49. The number of nitrogens with zero attached hydrogens (tertiary/aromatic N) is 3. The van der Waals surface area contributed by atoms with Crippen LogP contribution in [0.1, 0.15) is 5.56 Å². The van der Waals surface area contributed by atoms with Crippen LogP contribution in [0.15, 0.2) is 64.2 Å². The minimum atomic E-state index is -0.506. The minimum Gasteiger partial charge on any atom is -0.350 e. The van der Waals surface area contributed by atoms with Crippen molar-refractivity contribution in [2.45, 2.75) is 13.1 Å². The molecule has 0 atom stereocenters. The molecule has 0 unspecified atom stereocenters. The highest BCUT2D eigenvalue weighted by Gasteiger charge is 2.18. The van der Waals surface area contributed by atoms with Crippen LogP contribution in [-0.2, 0) is 17.9 Å². The molecule has 0 spiro atoms. The molecule has 1 N–H and O–H groups in total. The number of carbonyl (C=O) groups excluding carboxylic acids is 1. The van der Waals surface area contributed by atoms with E-state index in [1.165, 1.54) is 24.5 Å². The number of amides is 1. The molecule has 4 aromatic rings. The zero-order valence-electron chi connectivity index (χ0n) is 14.9. The lowest BCUT2D eigenvalue weighted by Gasteiger charge is -2.07. The van der Waals surface area contributed by atoms with Crippen LogP contribution in [0, 0.1) is 5.82 Å². The number of carbonyl (C=O) groups is 1. The number of rotatable bonds is 5. The van der Waals surface area contributed by atoms with Crippen LogP contribution < -0.4 is 10.9 Å². The maximum atomic E-state index is 13.5. The number of aromatic nitrogens is 3. The summed E-state index contributed by atoms with van der Waals surface area (Å²) in [6.07, 6.45) is 1.21. The number of nitrogens with one attached hydrogen (secondary N) is 1. The van der Waals surface area contributed by atoms with Crippen LogP contribution in [0.25, 0.3) is 22.4 Å². The second-order valence-corrected chi connectivity index (χ2v) is 6.74. The van der Waals surface area contributed by atoms with E-state index in [4.69, 9.17) is 16.1 Å². The minimum absolute atomic E-state index is 0.0184. The van der Waals surface area contributed by atoms with Crippen molar-refractivity contribution in [1.82, 2.24) is 20.0 Å². The molecule has 9 heteroatoms. The van der Waals surface area contributed by atoms with Gasteiger partial charge in [-0.2, -0.15) is 0 Å². The van der Waals surface area contributed by atoms with Crippen LogP contribution in [0.3, 0.4) is 0 Å². The van der Waals surface area contributed by atoms with Gasteiger partial charge >= 0.3 is 0 Å². The first-order chi connectivity index (χ1) is 14.0. The monoisotopic (exact) mass is 412 g/mol. The van der Waals surface area contributed by atoms with Crippen LogP contribution in [0.2, 0.25) is 5.02 Å². The van der Waals surface area contributed by atoms with E-state index in [9.17, 15) is 14.0 Å². The summed E-state index contributed by atoms with van der Waals surface area (Å²) in [4.78, 5) is 29.2. The first-order valence-corrected chi connectivity index (χ1v) is 9.01. The van der Waals surface area contributed by atoms with Gasteiger partial charge in [0, 0.05) is 17.1 Å². The van der Waals surface area contributed by atoms with Gasteiger partial charge < -0.3 is 9.84 Å². The summed E-state index contributed by atoms with van der Waals surface area (Å²) in [5, 5.41) is 7.22. The van der Waals surface area contributed by atoms with E-state index in [1.54, 1.807) is 24.3 Å². The van der Waals surface area contributed by atoms with Crippen LogP contribution in [0.5, 0.6) is 0 Å². The lowest BCUT2D eigenvalue weighted by atomic mass is 10.1. The fraction of sp³-hybridized carbons (Fsp3) is 0.100. The lowest BCUT2D eigenvalue weighted by Crippen LogP contribution is -2.32. The van der Waals surface area contributed by atoms with Gasteiger partial charge in [0.25, 0.3) is 11.3 Å². The molecule has 4 rings (SSSR count). The molecular formula is C20H14ClFN4O3. The largest absolute Gasteiger partial charge is 0.350 e. The predicted molar refractivity (Wildman–Crippen MR) is 105 cm³/mol. The standard InChI is InChI=1S/C20H14ClFN4O3/c21-14-5-1-3-12(7-14)9-23-16(27)10-26-11-24-19-17(20(26)28)18(25-29-19)13-4-2-6-15(22)8-13/h1-8,11H,9-10H2,(H,23,27). The van der Waals surface area contributed by atoms with Gasteiger partial charge in [-0.25, -0.2) is 9.37 Å². The van der Waals surface area contributed by atoms with Crippen molar-refractivity contribution in [3.05, 3.63) is 81.6 Å². The molecule has 7 nitrogen and oxygen atoms in total. The summed E-state index contributed by atoms with van der Waals surface area (Å²) >= 11 is 5.93. The Labute approximate surface area is 168 Å². The maximum Gasteiger partial charge on any atom is 0.267 e. The van der Waals surface area contributed by atoms with Crippen molar-refractivity contribution in [2.24, 2.45) is 0 Å². The quantitative estimate of drug-likeness (QED) is 0.543. The van der Waals surface area contributed by atoms with E-state index in [2.05, 4.69) is 15.5 Å². The van der Waals surface area contributed by atoms with Gasteiger partial charge in [-0.15, -0.1) is 0 Å². The van der Waals surface area contributed by atoms with E-state index in [0.717, 1.165) is 10.1 Å². The molecule has 146 valence electrons. The van der Waals surface area contributed by atoms with Crippen molar-refractivity contribution in [2.75, 3.05) is 0 Å². The summed E-state index contributed by atoms with van der Waals surface area (Å²) in [6, 6.07) is 12.7. The average molecular weight is 413 g/mol. The molecule has 0 radical (unpaired) electrons. The molecule has 2 aromatic heterocycles. The Morgan fingerprint density at radius 1 is 1.21 bits per heavy atom. The van der Waals surface area contributed by atoms with Gasteiger partial charge in [0.05, 0.1) is 0 Å². The number of benzene rings is 2. The summed E-state index contributed by atoms with van der Waals surface area (Å²) in [5.41, 5.74) is 0.897. The average Bonchev–Trinajstić information content (AvgIpc) is 3.14. The van der Waals surface area contributed by atoms with E-state index >= 15 is 0 Å². The lowest BCUT2D eigenvalue weighted by molar-refractivity contribution is -0.121. The van der Waals surface area contributed by atoms with Gasteiger partial charge in [0.1, 0.15) is 29.8 Å². The van der Waals surface area contributed by atoms with Gasteiger partial charge in [-0.05, 0) is 29.8 Å². The second kappa shape index (κ2) is 7.84. The highest BCUT2D eigenvalue weighted by molar-refractivity contribution is 6.30. The normalized spacial score (nSPS) is 11.0. The highest BCUT2D eigenvalue weighted by Crippen LogP contribution is 2.24. The Morgan fingerprint density at radius 2 is 2.03 bits per heavy atom. The molecule has 2 aromatic carbocycles. The van der Waals surface area contributed by atoms with Crippen LogP contribution >= 0.6 is 11.6 Å². The smallest absolute Gasteiger partial charge is 0.267 e. The molecule has 0 saturated heterocycles. The molecule has 0 aliphatic carbocycles. The summed E-state index contributed by atoms with van der Waals surface area (Å²) in [5.74, 6) is -0.847. The molecule has 0 fully saturated rings. The van der Waals surface area contributed by atoms with Crippen molar-refractivity contribution in [1.29, 1.82) is 0 Å². The molecule has 0 saturated carbocycles. The molecule has 2 heterocycles. The van der Waals surface area contributed by atoms with Crippen LogP contribution in [0.4, 0.5) is 4.39 Å². The van der Waals surface area contributed by atoms with Crippen LogP contribution in [-0.4, -0.2) is 20.6 Å². The van der Waals surface area contributed by atoms with Gasteiger partial charge in [0.15, 0.2) is 0 Å². The van der Waals surface area contributed by atoms with Crippen molar-refractivity contribution in [3.63, 3.8) is 0 Å². The van der Waals surface area contributed by atoms with E-state index in [1.807, 2.05) is 6.07 Å². The number of hydrogen-bond acceptors (Lipinski definition) is 5. The molecule has 0 aliphatic heterocycles. The Hall–Kier alpha value is -3.52. The van der Waals surface area contributed by atoms with Crippen molar-refractivity contribution >= 4 is 28.6 Å². The maximum absolute atomic E-state index is 13.5. The summed E-state index contributed by atoms with van der Waals surface area (Å²) in [6.45, 7) is 0.0295. The van der Waals surface area contributed by atoms with Crippen molar-refractivity contribution < 1.29 is 13.7 Å².